The minimum atomic E-state index is -1.64. The zero-order valence-corrected chi connectivity index (χ0v) is 73.8. The number of ketones is 4. The lowest BCUT2D eigenvalue weighted by Crippen LogP contribution is -2.61. The number of hydrogen-bond acceptors (Lipinski definition) is 33. The molecule has 126 heavy (non-hydrogen) atoms. The number of aliphatic hydroxyl groups is 14. The van der Waals surface area contributed by atoms with Gasteiger partial charge in [-0.25, -0.2) is 0 Å². The Kier molecular flexibility index (Phi) is 49.2. The van der Waals surface area contributed by atoms with Crippen molar-refractivity contribution >= 4 is 40.9 Å². The van der Waals surface area contributed by atoms with Gasteiger partial charge in [0, 0.05) is 93.5 Å². The van der Waals surface area contributed by atoms with E-state index >= 15 is 0 Å². The summed E-state index contributed by atoms with van der Waals surface area (Å²) in [6, 6.07) is 4.64. The van der Waals surface area contributed by atoms with Crippen LogP contribution in [0.2, 0.25) is 0 Å². The third-order valence-electron chi connectivity index (χ3n) is 25.1. The van der Waals surface area contributed by atoms with Crippen molar-refractivity contribution in [2.75, 3.05) is 72.4 Å². The summed E-state index contributed by atoms with van der Waals surface area (Å²) in [6.07, 6.45) is -15.4. The predicted octanol–water partition coefficient (Wildman–Crippen LogP) is 3.07. The highest BCUT2D eigenvalue weighted by Crippen LogP contribution is 2.39. The van der Waals surface area contributed by atoms with Crippen LogP contribution in [0.4, 0.5) is 0 Å². The number of nitrogens with zero attached hydrogens (tertiary/aromatic N) is 3. The molecule has 17 N–H and O–H groups in total. The van der Waals surface area contributed by atoms with E-state index in [1.807, 2.05) is 27.7 Å². The molecule has 1 aromatic carbocycles. The second-order valence-corrected chi connectivity index (χ2v) is 35.1. The fraction of sp³-hybridized carbons (Fsp3) is 0.852. The Morgan fingerprint density at radius 1 is 0.373 bits per heavy atom. The van der Waals surface area contributed by atoms with Gasteiger partial charge in [-0.3, -0.25) is 33.6 Å². The van der Waals surface area contributed by atoms with Gasteiger partial charge in [0.1, 0.15) is 127 Å². The van der Waals surface area contributed by atoms with E-state index in [0.29, 0.717) is 180 Å². The van der Waals surface area contributed by atoms with E-state index in [2.05, 4.69) is 26.0 Å². The molecule has 0 bridgehead atoms. The number of azide groups is 1. The molecule has 2 saturated carbocycles. The molecule has 4 aliphatic heterocycles. The molecule has 28 atom stereocenters. The maximum atomic E-state index is 13.7. The van der Waals surface area contributed by atoms with Crippen LogP contribution in [0.5, 0.6) is 5.75 Å². The number of nitrogens with one attached hydrogen (secondary N) is 3. The summed E-state index contributed by atoms with van der Waals surface area (Å²) in [5, 5.41) is 159. The Bertz CT molecular complexity index is 3230. The van der Waals surface area contributed by atoms with Crippen LogP contribution in [0, 0.1) is 23.7 Å². The molecular weight excluding hydrogens is 1650 g/mol. The summed E-state index contributed by atoms with van der Waals surface area (Å²) in [6.45, 7) is 7.77. The lowest BCUT2D eigenvalue weighted by Gasteiger charge is -2.45. The number of unbranched alkanes of at least 4 members (excludes halogenated alkanes) is 12. The average Bonchev–Trinajstić information content (AvgIpc) is 0.804. The molecule has 0 spiro atoms. The molecular formula is C88H146N6O32. The van der Waals surface area contributed by atoms with Crippen LogP contribution in [0.3, 0.4) is 0 Å². The third kappa shape index (κ3) is 35.9. The average molecular weight is 1800 g/mol. The van der Waals surface area contributed by atoms with Crippen LogP contribution in [0.25, 0.3) is 10.4 Å². The van der Waals surface area contributed by atoms with Gasteiger partial charge in [-0.1, -0.05) is 77.8 Å². The van der Waals surface area contributed by atoms with Crippen molar-refractivity contribution in [1.29, 1.82) is 0 Å². The molecule has 38 nitrogen and oxygen atoms in total. The highest BCUT2D eigenvalue weighted by Gasteiger charge is 2.51. The normalized spacial score (nSPS) is 32.3. The van der Waals surface area contributed by atoms with Gasteiger partial charge in [0.15, 0.2) is 30.9 Å². The number of ether oxygens (including phenoxy) is 11. The number of Topliss-reactive ketones (excluding diaryl/α,β-unsaturated/α-hetero) is 4. The van der Waals surface area contributed by atoms with E-state index in [0.717, 1.165) is 19.3 Å². The first-order valence-electron chi connectivity index (χ1n) is 45.9. The zero-order valence-electron chi connectivity index (χ0n) is 73.8. The van der Waals surface area contributed by atoms with Crippen LogP contribution >= 0.6 is 0 Å². The molecule has 0 aromatic heterocycles. The quantitative estimate of drug-likeness (QED) is 0.0146. The van der Waals surface area contributed by atoms with Crippen molar-refractivity contribution in [2.45, 2.75) is 380 Å². The first kappa shape index (κ1) is 107. The number of carbonyl (C=O) groups is 7. The Hall–Kier alpha value is -5.54. The lowest BCUT2D eigenvalue weighted by molar-refractivity contribution is -0.327. The molecule has 12 unspecified atom stereocenters. The molecule has 4 saturated heterocycles. The maximum Gasteiger partial charge on any atom is 0.251 e. The molecule has 3 amide bonds. The van der Waals surface area contributed by atoms with Crippen molar-refractivity contribution in [1.82, 2.24) is 16.0 Å². The minimum absolute atomic E-state index is 0.000109. The Morgan fingerprint density at radius 2 is 0.722 bits per heavy atom. The van der Waals surface area contributed by atoms with Crippen LogP contribution in [0.1, 0.15) is 254 Å². The number of rotatable bonds is 60. The summed E-state index contributed by atoms with van der Waals surface area (Å²) in [5.41, 5.74) is 8.98. The highest BCUT2D eigenvalue weighted by atomic mass is 16.7. The van der Waals surface area contributed by atoms with E-state index in [9.17, 15) is 105 Å². The highest BCUT2D eigenvalue weighted by molar-refractivity contribution is 6.01. The Morgan fingerprint density at radius 3 is 1.15 bits per heavy atom. The smallest absolute Gasteiger partial charge is 0.251 e. The van der Waals surface area contributed by atoms with Crippen LogP contribution in [0.15, 0.2) is 23.3 Å². The van der Waals surface area contributed by atoms with Crippen LogP contribution < -0.4 is 20.7 Å². The van der Waals surface area contributed by atoms with Crippen molar-refractivity contribution < 1.29 is 157 Å². The van der Waals surface area contributed by atoms with Gasteiger partial charge in [0.25, 0.3) is 5.91 Å². The minimum Gasteiger partial charge on any atom is -0.492 e. The number of amides is 3. The fourth-order valence-electron chi connectivity index (χ4n) is 16.5. The van der Waals surface area contributed by atoms with Gasteiger partial charge in [-0.05, 0) is 150 Å². The Labute approximate surface area is 738 Å². The first-order valence-corrected chi connectivity index (χ1v) is 45.9. The number of hydrogen-bond donors (Lipinski definition) is 17. The molecule has 2 aliphatic carbocycles. The molecule has 720 valence electrons. The summed E-state index contributed by atoms with van der Waals surface area (Å²) in [5.74, 6) is 0.199. The van der Waals surface area contributed by atoms with Gasteiger partial charge in [-0.15, -0.1) is 0 Å². The van der Waals surface area contributed by atoms with Crippen molar-refractivity contribution in [3.63, 3.8) is 0 Å². The van der Waals surface area contributed by atoms with Gasteiger partial charge < -0.3 is 140 Å². The molecule has 0 radical (unpaired) electrons. The van der Waals surface area contributed by atoms with Gasteiger partial charge in [-0.2, -0.15) is 0 Å². The summed E-state index contributed by atoms with van der Waals surface area (Å²) in [4.78, 5) is 93.6. The number of carbonyl (C=O) groups excluding carboxylic acids is 7. The zero-order chi connectivity index (χ0) is 91.8. The predicted molar refractivity (Wildman–Crippen MR) is 450 cm³/mol. The molecule has 7 rings (SSSR count). The summed E-state index contributed by atoms with van der Waals surface area (Å²) in [7, 11) is 0. The third-order valence-corrected chi connectivity index (χ3v) is 25.1. The van der Waals surface area contributed by atoms with E-state index < -0.39 is 166 Å². The van der Waals surface area contributed by atoms with E-state index in [1.165, 1.54) is 6.07 Å². The van der Waals surface area contributed by atoms with E-state index in [1.54, 1.807) is 12.1 Å². The fourth-order valence-corrected chi connectivity index (χ4v) is 16.5. The van der Waals surface area contributed by atoms with E-state index in [-0.39, 0.29) is 141 Å². The van der Waals surface area contributed by atoms with Crippen molar-refractivity contribution in [3.8, 4) is 5.75 Å². The molecule has 6 fully saturated rings. The second-order valence-electron chi connectivity index (χ2n) is 35.1. The molecule has 1 aromatic rings. The Balaban J connectivity index is 0.714. The van der Waals surface area contributed by atoms with Gasteiger partial charge in [0.2, 0.25) is 11.8 Å². The first-order chi connectivity index (χ1) is 60.4. The van der Waals surface area contributed by atoms with Crippen LogP contribution in [-0.2, 0) is 71.3 Å². The standard InChI is InChI=1S/C88H146N6O32/c1-51-40-62(64(42-53(51)3)121-87-82(113)76(107)72(103)66(47-95)123-87)119-49-68-74(105)78(109)80(111)85(125-68)117-37-22-28-58(98)25-13-6-5-12-24-57(97)26-15-10-20-34-92-84(115)56-44-55(45-60(46-56)116-39-36-91-71(102)32-18-11-21-35-93-94-89)61(100)30-16-7-8-17-31-70(101)90-33-19-9-14-27-59(99)29-23-38-118-86-81(112)79(110)75(106)69(126-86)50-120-63-41-52(2)54(4)43-65(63)122-88-83(114)77(108)73(104)67(48-96)124-88/h44-46,51-54,62-69,72-83,85-88,95-96,103-114H,5-43,47-50H2,1-4H3,(H,90,101)(H,91,102)(H,92,115)/t51?,52?,53-,54-,62-,63-,64?,65?,66?,67?,68?,69?,72+,73+,74+,75+,76-,77-,78-,79-,80?,81?,82?,83?,85-,86-,87+,88+/m0/s1. The molecule has 4 heterocycles. The van der Waals surface area contributed by atoms with Crippen LogP contribution in [-0.4, -0.2) is 332 Å². The second kappa shape index (κ2) is 57.7. The lowest BCUT2D eigenvalue weighted by atomic mass is 9.78. The molecule has 6 aliphatic rings. The number of benzene rings is 1. The topological polar surface area (TPSA) is 589 Å². The largest absolute Gasteiger partial charge is 0.492 e. The monoisotopic (exact) mass is 1800 g/mol. The molecule has 38 heteroatoms. The van der Waals surface area contributed by atoms with E-state index in [4.69, 9.17) is 57.6 Å². The van der Waals surface area contributed by atoms with Gasteiger partial charge >= 0.3 is 0 Å². The van der Waals surface area contributed by atoms with Crippen molar-refractivity contribution in [2.24, 2.45) is 28.8 Å². The summed E-state index contributed by atoms with van der Waals surface area (Å²) < 4.78 is 65.1. The number of aliphatic hydroxyl groups excluding tert-OH is 14. The SMILES string of the molecule is CC1C[C@H](OCC2O[C@H](OCCCC(=O)CCCCCCC(=O)CCCCCNC(=O)c3cc(OCCNC(=O)CCCCCN=[N+]=[N-])cc(C(=O)CCCCCCC(=O)NCCCCCC(=O)CCCO[C@H]4OC(CO[C@H]5CC(C)[C@@H](C)CC5O[C@@H]5OC(CO)[C@@H](O)[C@H](O)C5O)[C@@H](O)[C@H](O)C4O)c3)C(O)[C@@H](O)[C@@H]2O)C(O[C@@H]2OC(CO)[C@@H](O)[C@H](O)C2O)C[C@@H]1C. The van der Waals surface area contributed by atoms with Gasteiger partial charge in [0.05, 0.1) is 70.6 Å². The maximum absolute atomic E-state index is 13.7. The van der Waals surface area contributed by atoms with Crippen molar-refractivity contribution in [3.05, 3.63) is 39.8 Å². The summed E-state index contributed by atoms with van der Waals surface area (Å²) >= 11 is 0.